The van der Waals surface area contributed by atoms with Gasteiger partial charge in [0.25, 0.3) is 0 Å². The van der Waals surface area contributed by atoms with Crippen molar-refractivity contribution in [1.29, 1.82) is 10.8 Å². The molecule has 2 fully saturated rings. The molecule has 3 rings (SSSR count). The molecule has 0 spiro atoms. The van der Waals surface area contributed by atoms with Crippen LogP contribution >= 0.6 is 23.4 Å². The van der Waals surface area contributed by atoms with Crippen LogP contribution in [0.2, 0.25) is 0 Å². The maximum Gasteiger partial charge on any atom is 0.124 e. The summed E-state index contributed by atoms with van der Waals surface area (Å²) in [5.41, 5.74) is 2.20. The lowest BCUT2D eigenvalue weighted by molar-refractivity contribution is 0.270. The smallest absolute Gasteiger partial charge is 0.124 e. The van der Waals surface area contributed by atoms with Crippen molar-refractivity contribution in [2.24, 2.45) is 4.99 Å². The summed E-state index contributed by atoms with van der Waals surface area (Å²) < 4.78 is 0. The van der Waals surface area contributed by atoms with Crippen LogP contribution < -0.4 is 0 Å². The normalized spacial score (nSPS) is 24.5. The second-order valence-corrected chi connectivity index (χ2v) is 6.84. The molecule has 0 aromatic carbocycles. The molecule has 2 saturated heterocycles. The van der Waals surface area contributed by atoms with Crippen molar-refractivity contribution in [2.75, 3.05) is 26.8 Å². The molecule has 0 atom stereocenters. The van der Waals surface area contributed by atoms with Crippen LogP contribution in [0.5, 0.6) is 0 Å². The molecule has 21 heavy (non-hydrogen) atoms. The van der Waals surface area contributed by atoms with Crippen LogP contribution in [0.3, 0.4) is 0 Å². The van der Waals surface area contributed by atoms with Crippen molar-refractivity contribution in [1.82, 2.24) is 9.80 Å². The van der Waals surface area contributed by atoms with Gasteiger partial charge in [0.2, 0.25) is 0 Å². The molecule has 3 heterocycles. The first-order valence-electron chi connectivity index (χ1n) is 6.98. The number of rotatable bonds is 2. The van der Waals surface area contributed by atoms with E-state index in [0.717, 1.165) is 29.3 Å². The third-order valence-electron chi connectivity index (χ3n) is 4.00. The van der Waals surface area contributed by atoms with Gasteiger partial charge in [0.05, 0.1) is 10.6 Å². The largest absolute Gasteiger partial charge is 0.357 e. The van der Waals surface area contributed by atoms with E-state index >= 15 is 0 Å². The zero-order valence-corrected chi connectivity index (χ0v) is 13.7. The van der Waals surface area contributed by atoms with Gasteiger partial charge in [-0.2, -0.15) is 0 Å². The number of thioether (sulfide) groups is 1. The van der Waals surface area contributed by atoms with E-state index < -0.39 is 0 Å². The molecule has 0 aromatic rings. The Morgan fingerprint density at radius 1 is 1.33 bits per heavy atom. The number of allylic oxidation sites excluding steroid dienone is 2. The molecule has 112 valence electrons. The minimum atomic E-state index is -0.0130. The van der Waals surface area contributed by atoms with Gasteiger partial charge >= 0.3 is 0 Å². The highest BCUT2D eigenvalue weighted by atomic mass is 35.5. The summed E-state index contributed by atoms with van der Waals surface area (Å²) in [4.78, 5) is 10.2. The van der Waals surface area contributed by atoms with Crippen LogP contribution in [0.1, 0.15) is 19.8 Å². The summed E-state index contributed by atoms with van der Waals surface area (Å²) in [5.74, 6) is 1.18. The fourth-order valence-corrected chi connectivity index (χ4v) is 4.20. The van der Waals surface area contributed by atoms with Crippen molar-refractivity contribution >= 4 is 39.3 Å². The fraction of sp³-hybridized carbons (Fsp3) is 0.500. The lowest BCUT2D eigenvalue weighted by atomic mass is 10.0. The standard InChI is InChI=1S/C14H18ClN5S/c1-8(12(15)16)9-10-11(21-13(9)17)14(19(2)7-18-10)20-5-3-4-6-20/h16-17H,3-7H2,1-2H3/b9-8-,16-12?,17-13?. The predicted octanol–water partition coefficient (Wildman–Crippen LogP) is 2.85. The summed E-state index contributed by atoms with van der Waals surface area (Å²) >= 11 is 7.26. The molecule has 3 aliphatic heterocycles. The Labute approximate surface area is 133 Å². The van der Waals surface area contributed by atoms with E-state index in [1.165, 1.54) is 30.4 Å². The number of nitrogens with zero attached hydrogens (tertiary/aromatic N) is 3. The molecule has 0 aliphatic carbocycles. The Balaban J connectivity index is 2.11. The van der Waals surface area contributed by atoms with Gasteiger partial charge in [-0.05, 0) is 25.3 Å². The Hall–Kier alpha value is -1.27. The second kappa shape index (κ2) is 5.50. The highest BCUT2D eigenvalue weighted by molar-refractivity contribution is 8.19. The number of likely N-dealkylation sites (tertiary alicyclic amines) is 1. The lowest BCUT2D eigenvalue weighted by Crippen LogP contribution is -2.36. The first-order chi connectivity index (χ1) is 10.0. The Morgan fingerprint density at radius 2 is 2.00 bits per heavy atom. The van der Waals surface area contributed by atoms with Gasteiger partial charge in [-0.1, -0.05) is 23.4 Å². The minimum absolute atomic E-state index is 0.0130. The van der Waals surface area contributed by atoms with Crippen LogP contribution in [0.4, 0.5) is 0 Å². The van der Waals surface area contributed by atoms with Gasteiger partial charge in [-0.25, -0.2) is 0 Å². The van der Waals surface area contributed by atoms with E-state index in [0.29, 0.717) is 17.3 Å². The quantitative estimate of drug-likeness (QED) is 0.768. The van der Waals surface area contributed by atoms with Crippen LogP contribution in [0.15, 0.2) is 26.9 Å². The van der Waals surface area contributed by atoms with E-state index in [9.17, 15) is 0 Å². The molecule has 7 heteroatoms. The molecule has 5 nitrogen and oxygen atoms in total. The first kappa shape index (κ1) is 14.7. The topological polar surface area (TPSA) is 66.5 Å². The van der Waals surface area contributed by atoms with E-state index in [2.05, 4.69) is 14.8 Å². The van der Waals surface area contributed by atoms with E-state index in [1.54, 1.807) is 6.92 Å². The number of nitrogens with one attached hydrogen (secondary N) is 2. The van der Waals surface area contributed by atoms with E-state index in [1.807, 2.05) is 7.05 Å². The van der Waals surface area contributed by atoms with Crippen LogP contribution in [-0.2, 0) is 0 Å². The number of aliphatic imine (C=N–C) groups is 1. The highest BCUT2D eigenvalue weighted by Gasteiger charge is 2.37. The highest BCUT2D eigenvalue weighted by Crippen LogP contribution is 2.42. The van der Waals surface area contributed by atoms with Gasteiger partial charge in [-0.15, -0.1) is 0 Å². The number of fused-ring (bicyclic) bond motifs is 1. The van der Waals surface area contributed by atoms with Crippen molar-refractivity contribution in [3.05, 3.63) is 21.9 Å². The summed E-state index contributed by atoms with van der Waals surface area (Å²) in [6.45, 7) is 4.51. The lowest BCUT2D eigenvalue weighted by Gasteiger charge is -2.33. The zero-order valence-electron chi connectivity index (χ0n) is 12.2. The molecule has 3 aliphatic rings. The second-order valence-electron chi connectivity index (χ2n) is 5.44. The fourth-order valence-electron chi connectivity index (χ4n) is 2.91. The van der Waals surface area contributed by atoms with Crippen molar-refractivity contribution in [3.8, 4) is 0 Å². The Kier molecular flexibility index (Phi) is 3.84. The van der Waals surface area contributed by atoms with Crippen molar-refractivity contribution < 1.29 is 0 Å². The number of halogens is 1. The third-order valence-corrected chi connectivity index (χ3v) is 5.27. The Bertz CT molecular complexity index is 613. The van der Waals surface area contributed by atoms with Gasteiger partial charge in [0, 0.05) is 25.7 Å². The summed E-state index contributed by atoms with van der Waals surface area (Å²) in [7, 11) is 2.04. The molecule has 2 N–H and O–H groups in total. The van der Waals surface area contributed by atoms with Gasteiger partial charge in [0.15, 0.2) is 0 Å². The zero-order chi connectivity index (χ0) is 15.1. The summed E-state index contributed by atoms with van der Waals surface area (Å²) in [5, 5.41) is 16.3. The number of hydrogen-bond acceptors (Lipinski definition) is 6. The van der Waals surface area contributed by atoms with Crippen LogP contribution in [0.25, 0.3) is 0 Å². The summed E-state index contributed by atoms with van der Waals surface area (Å²) in [6, 6.07) is 0. The van der Waals surface area contributed by atoms with Gasteiger partial charge in [-0.3, -0.25) is 15.8 Å². The summed E-state index contributed by atoms with van der Waals surface area (Å²) in [6.07, 6.45) is 2.43. The Morgan fingerprint density at radius 3 is 2.62 bits per heavy atom. The molecular weight excluding hydrogens is 306 g/mol. The SMILES string of the molecule is C/C(C(=N)Cl)=C1/C(=N)SC2=C(N3CCCC3)N(C)CN=C21. The molecule has 0 aromatic heterocycles. The molecule has 0 bridgehead atoms. The monoisotopic (exact) mass is 323 g/mol. The average Bonchev–Trinajstić information content (AvgIpc) is 3.04. The molecular formula is C14H18ClN5S. The maximum atomic E-state index is 8.25. The molecule has 0 amide bonds. The predicted molar refractivity (Wildman–Crippen MR) is 89.5 cm³/mol. The maximum absolute atomic E-state index is 8.25. The molecule has 0 radical (unpaired) electrons. The molecule has 0 unspecified atom stereocenters. The third kappa shape index (κ3) is 2.40. The average molecular weight is 324 g/mol. The minimum Gasteiger partial charge on any atom is -0.357 e. The number of hydrogen-bond donors (Lipinski definition) is 2. The van der Waals surface area contributed by atoms with Crippen LogP contribution in [-0.4, -0.2) is 52.5 Å². The molecule has 0 saturated carbocycles. The van der Waals surface area contributed by atoms with Gasteiger partial charge in [0.1, 0.15) is 22.7 Å². The van der Waals surface area contributed by atoms with E-state index in [4.69, 9.17) is 22.4 Å². The van der Waals surface area contributed by atoms with Crippen LogP contribution in [0, 0.1) is 10.8 Å². The van der Waals surface area contributed by atoms with Gasteiger partial charge < -0.3 is 9.80 Å². The van der Waals surface area contributed by atoms with Crippen molar-refractivity contribution in [2.45, 2.75) is 19.8 Å². The van der Waals surface area contributed by atoms with Crippen molar-refractivity contribution in [3.63, 3.8) is 0 Å². The first-order valence-corrected chi connectivity index (χ1v) is 8.17. The van der Waals surface area contributed by atoms with E-state index in [-0.39, 0.29) is 5.17 Å².